The van der Waals surface area contributed by atoms with Crippen molar-refractivity contribution < 1.29 is 33.5 Å². The first-order valence-electron chi connectivity index (χ1n) is 4.33. The van der Waals surface area contributed by atoms with Crippen LogP contribution in [0.3, 0.4) is 0 Å². The van der Waals surface area contributed by atoms with Crippen molar-refractivity contribution >= 4 is 21.1 Å². The Morgan fingerprint density at radius 3 is 1.75 bits per heavy atom. The topological polar surface area (TPSA) is 144 Å². The summed E-state index contributed by atoms with van der Waals surface area (Å²) in [5, 5.41) is 2.27. The average Bonchev–Trinajstić information content (AvgIpc) is 1.93. The molecule has 1 amide bonds. The highest BCUT2D eigenvalue weighted by atomic mass is 31.2. The highest BCUT2D eigenvalue weighted by Crippen LogP contribution is 2.43. The fraction of sp³-hybridized carbons (Fsp3) is 0.833. The van der Waals surface area contributed by atoms with Gasteiger partial charge in [0.05, 0.1) is 12.3 Å². The second-order valence-electron chi connectivity index (χ2n) is 3.50. The molecule has 0 spiro atoms. The highest BCUT2D eigenvalue weighted by molar-refractivity contribution is 7.52. The van der Waals surface area contributed by atoms with E-state index < -0.39 is 39.3 Å². The molecule has 0 heterocycles. The van der Waals surface area contributed by atoms with Gasteiger partial charge in [0.15, 0.2) is 0 Å². The van der Waals surface area contributed by atoms with Crippen LogP contribution in [0.5, 0.6) is 0 Å². The van der Waals surface area contributed by atoms with Gasteiger partial charge in [0, 0.05) is 13.5 Å². The Labute approximate surface area is 92.4 Å². The minimum atomic E-state index is -4.36. The summed E-state index contributed by atoms with van der Waals surface area (Å²) in [6.07, 6.45) is -1.34. The molecule has 0 aliphatic rings. The molecule has 0 atom stereocenters. The van der Waals surface area contributed by atoms with Crippen LogP contribution in [0.4, 0.5) is 0 Å². The van der Waals surface area contributed by atoms with E-state index in [9.17, 15) is 13.9 Å². The predicted molar refractivity (Wildman–Crippen MR) is 56.0 cm³/mol. The molecule has 0 saturated heterocycles. The van der Waals surface area contributed by atoms with Crippen LogP contribution in [-0.4, -0.2) is 44.3 Å². The Morgan fingerprint density at radius 1 is 1.12 bits per heavy atom. The maximum atomic E-state index is 10.7. The highest BCUT2D eigenvalue weighted by Gasteiger charge is 2.28. The van der Waals surface area contributed by atoms with Gasteiger partial charge in [-0.15, -0.1) is 0 Å². The summed E-state index contributed by atoms with van der Waals surface area (Å²) in [5.41, 5.74) is 0. The number of amides is 1. The van der Waals surface area contributed by atoms with E-state index in [4.69, 9.17) is 19.6 Å². The van der Waals surface area contributed by atoms with E-state index in [1.54, 1.807) is 0 Å². The fourth-order valence-corrected chi connectivity index (χ4v) is 3.21. The molecule has 0 aromatic carbocycles. The number of rotatable bonds is 6. The summed E-state index contributed by atoms with van der Waals surface area (Å²) in [5.74, 6) is -1.38. The van der Waals surface area contributed by atoms with E-state index in [-0.39, 0.29) is 6.54 Å². The lowest BCUT2D eigenvalue weighted by molar-refractivity contribution is -0.119. The minimum absolute atomic E-state index is 0.175. The smallest absolute Gasteiger partial charge is 0.325 e. The lowest BCUT2D eigenvalue weighted by atomic mass is 10.2. The van der Waals surface area contributed by atoms with Crippen LogP contribution >= 0.6 is 15.2 Å². The molecule has 16 heavy (non-hydrogen) atoms. The monoisotopic (exact) mass is 275 g/mol. The first-order chi connectivity index (χ1) is 6.99. The summed E-state index contributed by atoms with van der Waals surface area (Å²) in [7, 11) is -8.72. The number of hydrogen-bond acceptors (Lipinski definition) is 3. The zero-order valence-electron chi connectivity index (χ0n) is 8.61. The van der Waals surface area contributed by atoms with Gasteiger partial charge in [0.2, 0.25) is 5.91 Å². The van der Waals surface area contributed by atoms with Crippen LogP contribution in [0.25, 0.3) is 0 Å². The fourth-order valence-electron chi connectivity index (χ4n) is 1.15. The molecule has 5 N–H and O–H groups in total. The van der Waals surface area contributed by atoms with Crippen molar-refractivity contribution in [1.29, 1.82) is 0 Å². The molecule has 0 aliphatic heterocycles. The number of hydrogen-bond donors (Lipinski definition) is 5. The van der Waals surface area contributed by atoms with E-state index in [2.05, 4.69) is 5.32 Å². The Bertz CT molecular complexity index is 308. The maximum absolute atomic E-state index is 10.7. The molecule has 0 aromatic rings. The summed E-state index contributed by atoms with van der Waals surface area (Å²) >= 11 is 0. The third-order valence-electron chi connectivity index (χ3n) is 1.63. The molecule has 0 radical (unpaired) electrons. The predicted octanol–water partition coefficient (Wildman–Crippen LogP) is -0.906. The number of carbonyl (C=O) groups excluding carboxylic acids is 1. The largest absolute Gasteiger partial charge is 0.356 e. The Morgan fingerprint density at radius 2 is 1.50 bits per heavy atom. The van der Waals surface area contributed by atoms with E-state index >= 15 is 0 Å². The van der Waals surface area contributed by atoms with Crippen LogP contribution in [0.1, 0.15) is 6.92 Å². The van der Waals surface area contributed by atoms with Crippen LogP contribution in [0, 0.1) is 5.92 Å². The average molecular weight is 275 g/mol. The molecule has 0 aliphatic carbocycles. The van der Waals surface area contributed by atoms with Crippen LogP contribution in [-0.2, 0) is 13.9 Å². The van der Waals surface area contributed by atoms with E-state index in [0.29, 0.717) is 0 Å². The molecule has 96 valence electrons. The van der Waals surface area contributed by atoms with Gasteiger partial charge in [0.25, 0.3) is 0 Å². The van der Waals surface area contributed by atoms with Gasteiger partial charge in [-0.1, -0.05) is 0 Å². The van der Waals surface area contributed by atoms with Crippen molar-refractivity contribution in [3.8, 4) is 0 Å². The SMILES string of the molecule is CC(=O)NCC(CP(=O)(O)O)CP(=O)(O)O. The maximum Gasteiger partial charge on any atom is 0.325 e. The molecule has 0 rings (SSSR count). The second kappa shape index (κ2) is 5.91. The molecule has 0 unspecified atom stereocenters. The van der Waals surface area contributed by atoms with Gasteiger partial charge >= 0.3 is 15.2 Å². The third-order valence-corrected chi connectivity index (χ3v) is 3.62. The Hall–Kier alpha value is -0.230. The Kier molecular flexibility index (Phi) is 5.82. The van der Waals surface area contributed by atoms with Crippen molar-refractivity contribution in [3.05, 3.63) is 0 Å². The van der Waals surface area contributed by atoms with E-state index in [0.717, 1.165) is 0 Å². The molecule has 0 fully saturated rings. The lowest BCUT2D eigenvalue weighted by Gasteiger charge is -2.18. The lowest BCUT2D eigenvalue weighted by Crippen LogP contribution is -2.30. The number of nitrogens with one attached hydrogen (secondary N) is 1. The number of carbonyl (C=O) groups is 1. The first kappa shape index (κ1) is 15.8. The van der Waals surface area contributed by atoms with Crippen LogP contribution in [0.15, 0.2) is 0 Å². The quantitative estimate of drug-likeness (QED) is 0.395. The van der Waals surface area contributed by atoms with Gasteiger partial charge in [-0.2, -0.15) is 0 Å². The Balaban J connectivity index is 4.45. The van der Waals surface area contributed by atoms with Gasteiger partial charge < -0.3 is 24.9 Å². The first-order valence-corrected chi connectivity index (χ1v) is 7.93. The van der Waals surface area contributed by atoms with Crippen LogP contribution < -0.4 is 5.32 Å². The second-order valence-corrected chi connectivity index (χ2v) is 6.89. The standard InChI is InChI=1S/C6H15NO7P2/c1-5(8)7-2-6(3-15(9,10)11)4-16(12,13)14/h6H,2-4H2,1H3,(H,7,8)(H2,9,10,11)(H2,12,13,14). The molecular weight excluding hydrogens is 260 g/mol. The van der Waals surface area contributed by atoms with Gasteiger partial charge in [0.1, 0.15) is 0 Å². The zero-order valence-corrected chi connectivity index (χ0v) is 10.4. The molecular formula is C6H15NO7P2. The third kappa shape index (κ3) is 10.3. The minimum Gasteiger partial charge on any atom is -0.356 e. The van der Waals surface area contributed by atoms with E-state index in [1.165, 1.54) is 6.92 Å². The molecule has 0 bridgehead atoms. The van der Waals surface area contributed by atoms with Crippen molar-refractivity contribution in [2.75, 3.05) is 18.9 Å². The normalized spacial score (nSPS) is 12.9. The van der Waals surface area contributed by atoms with Gasteiger partial charge in [-0.25, -0.2) is 0 Å². The molecule has 8 nitrogen and oxygen atoms in total. The van der Waals surface area contributed by atoms with Crippen molar-refractivity contribution in [2.24, 2.45) is 5.92 Å². The van der Waals surface area contributed by atoms with Gasteiger partial charge in [-0.05, 0) is 5.92 Å². The molecule has 10 heteroatoms. The van der Waals surface area contributed by atoms with Crippen molar-refractivity contribution in [1.82, 2.24) is 5.32 Å². The summed E-state index contributed by atoms with van der Waals surface area (Å²) in [6, 6.07) is 0. The summed E-state index contributed by atoms with van der Waals surface area (Å²) in [6.45, 7) is 1.03. The molecule has 0 aromatic heterocycles. The summed E-state index contributed by atoms with van der Waals surface area (Å²) in [4.78, 5) is 45.4. The zero-order chi connectivity index (χ0) is 13.0. The van der Waals surface area contributed by atoms with Crippen molar-refractivity contribution in [3.63, 3.8) is 0 Å². The van der Waals surface area contributed by atoms with Crippen molar-refractivity contribution in [2.45, 2.75) is 6.92 Å². The van der Waals surface area contributed by atoms with Gasteiger partial charge in [-0.3, -0.25) is 13.9 Å². The van der Waals surface area contributed by atoms with E-state index in [1.807, 2.05) is 0 Å². The summed E-state index contributed by atoms with van der Waals surface area (Å²) < 4.78 is 21.4. The van der Waals surface area contributed by atoms with Crippen LogP contribution in [0.2, 0.25) is 0 Å². The molecule has 0 saturated carbocycles.